The van der Waals surface area contributed by atoms with Crippen molar-refractivity contribution in [2.75, 3.05) is 13.1 Å². The van der Waals surface area contributed by atoms with Crippen LogP contribution >= 0.6 is 0 Å². The summed E-state index contributed by atoms with van der Waals surface area (Å²) in [7, 11) is 0. The fourth-order valence-electron chi connectivity index (χ4n) is 1.16. The van der Waals surface area contributed by atoms with Crippen molar-refractivity contribution in [3.63, 3.8) is 0 Å². The minimum absolute atomic E-state index is 0.105. The van der Waals surface area contributed by atoms with Gasteiger partial charge in [-0.2, -0.15) is 22.0 Å². The quantitative estimate of drug-likeness (QED) is 0.767. The van der Waals surface area contributed by atoms with Crippen LogP contribution in [0.25, 0.3) is 0 Å². The van der Waals surface area contributed by atoms with Gasteiger partial charge in [-0.1, -0.05) is 0 Å². The summed E-state index contributed by atoms with van der Waals surface area (Å²) in [6.45, 7) is 2.61. The van der Waals surface area contributed by atoms with Crippen molar-refractivity contribution in [1.29, 1.82) is 0 Å². The lowest BCUT2D eigenvalue weighted by atomic mass is 10.2. The lowest BCUT2D eigenvalue weighted by Crippen LogP contribution is -2.54. The van der Waals surface area contributed by atoms with Crippen LogP contribution in [0.1, 0.15) is 20.3 Å². The Bertz CT molecular complexity index is 265. The van der Waals surface area contributed by atoms with E-state index in [9.17, 15) is 26.7 Å². The molecule has 0 aromatic heterocycles. The Morgan fingerprint density at radius 1 is 1.24 bits per heavy atom. The summed E-state index contributed by atoms with van der Waals surface area (Å²) in [4.78, 5) is 11.7. The third-order valence-corrected chi connectivity index (χ3v) is 2.11. The zero-order chi connectivity index (χ0) is 13.9. The van der Waals surface area contributed by atoms with E-state index in [-0.39, 0.29) is 19.5 Å². The van der Waals surface area contributed by atoms with E-state index in [1.165, 1.54) is 13.8 Å². The van der Waals surface area contributed by atoms with Gasteiger partial charge in [0.05, 0.1) is 0 Å². The van der Waals surface area contributed by atoms with Gasteiger partial charge in [0.2, 0.25) is 0 Å². The smallest absolute Gasteiger partial charge is 0.335 e. The van der Waals surface area contributed by atoms with Gasteiger partial charge in [0.15, 0.2) is 0 Å². The second-order valence-electron chi connectivity index (χ2n) is 3.81. The van der Waals surface area contributed by atoms with Crippen LogP contribution in [0.3, 0.4) is 0 Å². The topological polar surface area (TPSA) is 46.3 Å². The van der Waals surface area contributed by atoms with Crippen LogP contribution in [-0.2, 0) is 4.79 Å². The zero-order valence-corrected chi connectivity index (χ0v) is 9.52. The average Bonchev–Trinajstić information content (AvgIpc) is 2.15. The number of carbonyl (C=O) groups excluding carboxylic acids is 1. The molecule has 0 rings (SSSR count). The molecule has 0 bridgehead atoms. The minimum atomic E-state index is -5.88. The summed E-state index contributed by atoms with van der Waals surface area (Å²) < 4.78 is 61.7. The molecule has 0 saturated carbocycles. The molecule has 8 heteroatoms. The van der Waals surface area contributed by atoms with Crippen molar-refractivity contribution in [3.05, 3.63) is 0 Å². The molecule has 102 valence electrons. The number of nitrogens with two attached hydrogens (primary N) is 1. The first-order valence-electron chi connectivity index (χ1n) is 5.01. The maximum Gasteiger partial charge on any atom is 0.463 e. The maximum atomic E-state index is 12.8. The first-order chi connectivity index (χ1) is 7.55. The standard InChI is InChI=1S/C9H15F5N2O/c1-6(2)16(5-3-4-15)7(17)8(10,11)9(12,13)14/h6H,3-5,15H2,1-2H3. The first kappa shape index (κ1) is 16.1. The Balaban J connectivity index is 4.96. The Morgan fingerprint density at radius 2 is 1.71 bits per heavy atom. The largest absolute Gasteiger partial charge is 0.463 e. The number of carbonyl (C=O) groups is 1. The second-order valence-corrected chi connectivity index (χ2v) is 3.81. The Morgan fingerprint density at radius 3 is 2.00 bits per heavy atom. The molecule has 0 unspecified atom stereocenters. The summed E-state index contributed by atoms with van der Waals surface area (Å²) in [6, 6.07) is -0.748. The highest BCUT2D eigenvalue weighted by Crippen LogP contribution is 2.37. The Kier molecular flexibility index (Phi) is 5.31. The minimum Gasteiger partial charge on any atom is -0.335 e. The van der Waals surface area contributed by atoms with Gasteiger partial charge in [-0.25, -0.2) is 0 Å². The monoisotopic (exact) mass is 262 g/mol. The van der Waals surface area contributed by atoms with Crippen molar-refractivity contribution in [2.24, 2.45) is 5.73 Å². The van der Waals surface area contributed by atoms with Crippen molar-refractivity contribution in [1.82, 2.24) is 4.90 Å². The SMILES string of the molecule is CC(C)N(CCCN)C(=O)C(F)(F)C(F)(F)F. The molecular formula is C9H15F5N2O. The number of halogens is 5. The van der Waals surface area contributed by atoms with Crippen LogP contribution in [-0.4, -0.2) is 42.0 Å². The molecule has 0 heterocycles. The van der Waals surface area contributed by atoms with E-state index in [0.29, 0.717) is 4.90 Å². The number of hydrogen-bond acceptors (Lipinski definition) is 2. The van der Waals surface area contributed by atoms with Crippen LogP contribution in [0.5, 0.6) is 0 Å². The molecule has 0 aliphatic rings. The van der Waals surface area contributed by atoms with Crippen molar-refractivity contribution < 1.29 is 26.7 Å². The highest BCUT2D eigenvalue weighted by Gasteiger charge is 2.64. The molecule has 0 aliphatic heterocycles. The van der Waals surface area contributed by atoms with Crippen molar-refractivity contribution in [3.8, 4) is 0 Å². The number of hydrogen-bond donors (Lipinski definition) is 1. The fourth-order valence-corrected chi connectivity index (χ4v) is 1.16. The van der Waals surface area contributed by atoms with Crippen LogP contribution in [0.15, 0.2) is 0 Å². The Labute approximate surface area is 95.7 Å². The highest BCUT2D eigenvalue weighted by atomic mass is 19.4. The van der Waals surface area contributed by atoms with E-state index in [2.05, 4.69) is 0 Å². The molecule has 0 aromatic rings. The van der Waals surface area contributed by atoms with Crippen LogP contribution in [0.2, 0.25) is 0 Å². The molecule has 17 heavy (non-hydrogen) atoms. The molecule has 0 radical (unpaired) electrons. The van der Waals surface area contributed by atoms with Crippen LogP contribution < -0.4 is 5.73 Å². The molecule has 0 aromatic carbocycles. The van der Waals surface area contributed by atoms with Gasteiger partial charge >= 0.3 is 18.0 Å². The summed E-state index contributed by atoms with van der Waals surface area (Å²) in [6.07, 6.45) is -5.71. The van der Waals surface area contributed by atoms with Gasteiger partial charge < -0.3 is 10.6 Å². The Hall–Kier alpha value is -0.920. The third kappa shape index (κ3) is 3.79. The molecule has 0 fully saturated rings. The molecule has 2 N–H and O–H groups in total. The average molecular weight is 262 g/mol. The fraction of sp³-hybridized carbons (Fsp3) is 0.889. The molecule has 0 aliphatic carbocycles. The molecule has 3 nitrogen and oxygen atoms in total. The highest BCUT2D eigenvalue weighted by molar-refractivity contribution is 5.84. The van der Waals surface area contributed by atoms with Crippen molar-refractivity contribution in [2.45, 2.75) is 38.4 Å². The number of rotatable bonds is 5. The predicted molar refractivity (Wildman–Crippen MR) is 51.5 cm³/mol. The van der Waals surface area contributed by atoms with Gasteiger partial charge in [-0.05, 0) is 26.8 Å². The van der Waals surface area contributed by atoms with E-state index < -0.39 is 24.0 Å². The zero-order valence-electron chi connectivity index (χ0n) is 9.52. The molecule has 0 saturated heterocycles. The van der Waals surface area contributed by atoms with Gasteiger partial charge in [-0.3, -0.25) is 4.79 Å². The lowest BCUT2D eigenvalue weighted by Gasteiger charge is -2.30. The van der Waals surface area contributed by atoms with Gasteiger partial charge in [0, 0.05) is 12.6 Å². The normalized spacial score (nSPS) is 13.0. The summed E-state index contributed by atoms with van der Waals surface area (Å²) >= 11 is 0. The lowest BCUT2D eigenvalue weighted by molar-refractivity contribution is -0.275. The maximum absolute atomic E-state index is 12.8. The summed E-state index contributed by atoms with van der Waals surface area (Å²) in [5, 5.41) is 0. The van der Waals surface area contributed by atoms with Gasteiger partial charge in [-0.15, -0.1) is 0 Å². The molecule has 0 atom stereocenters. The predicted octanol–water partition coefficient (Wildman–Crippen LogP) is 1.77. The first-order valence-corrected chi connectivity index (χ1v) is 5.01. The number of alkyl halides is 5. The van der Waals surface area contributed by atoms with Gasteiger partial charge in [0.25, 0.3) is 0 Å². The molecule has 0 spiro atoms. The van der Waals surface area contributed by atoms with E-state index in [4.69, 9.17) is 5.73 Å². The summed E-state index contributed by atoms with van der Waals surface area (Å²) in [5.74, 6) is -7.58. The van der Waals surface area contributed by atoms with Crippen LogP contribution in [0.4, 0.5) is 22.0 Å². The van der Waals surface area contributed by atoms with E-state index in [1.807, 2.05) is 0 Å². The second kappa shape index (κ2) is 5.61. The molecular weight excluding hydrogens is 247 g/mol. The van der Waals surface area contributed by atoms with E-state index >= 15 is 0 Å². The van der Waals surface area contributed by atoms with Gasteiger partial charge in [0.1, 0.15) is 0 Å². The number of amides is 1. The number of nitrogens with zero attached hydrogens (tertiary/aromatic N) is 1. The third-order valence-electron chi connectivity index (χ3n) is 2.11. The van der Waals surface area contributed by atoms with E-state index in [1.54, 1.807) is 0 Å². The molecule has 1 amide bonds. The van der Waals surface area contributed by atoms with E-state index in [0.717, 1.165) is 0 Å². The van der Waals surface area contributed by atoms with Crippen molar-refractivity contribution >= 4 is 5.91 Å². The summed E-state index contributed by atoms with van der Waals surface area (Å²) in [5.41, 5.74) is 5.12. The van der Waals surface area contributed by atoms with Crippen LogP contribution in [0, 0.1) is 0 Å².